The summed E-state index contributed by atoms with van der Waals surface area (Å²) in [5, 5.41) is 6.75. The Labute approximate surface area is 133 Å². The second-order valence-corrected chi connectivity index (χ2v) is 6.98. The lowest BCUT2D eigenvalue weighted by Crippen LogP contribution is -2.27. The Balaban J connectivity index is 2.35. The molecule has 118 valence electrons. The number of hydrogen-bond acceptors (Lipinski definition) is 4. The first-order valence-corrected chi connectivity index (χ1v) is 7.80. The van der Waals surface area contributed by atoms with Crippen LogP contribution in [0.5, 0.6) is 0 Å². The zero-order chi connectivity index (χ0) is 16.2. The molecule has 1 heterocycles. The highest BCUT2D eigenvalue weighted by molar-refractivity contribution is 5.64. The van der Waals surface area contributed by atoms with Crippen LogP contribution < -0.4 is 10.6 Å². The van der Waals surface area contributed by atoms with Gasteiger partial charge in [-0.2, -0.15) is 4.98 Å². The van der Waals surface area contributed by atoms with Gasteiger partial charge in [0.15, 0.2) is 0 Å². The van der Waals surface area contributed by atoms with Gasteiger partial charge in [0.1, 0.15) is 5.82 Å². The molecule has 0 amide bonds. The van der Waals surface area contributed by atoms with E-state index in [0.29, 0.717) is 11.9 Å². The maximum absolute atomic E-state index is 4.64. The molecule has 0 bridgehead atoms. The molecule has 4 nitrogen and oxygen atoms in total. The van der Waals surface area contributed by atoms with E-state index in [1.807, 2.05) is 24.3 Å². The van der Waals surface area contributed by atoms with Gasteiger partial charge < -0.3 is 10.6 Å². The van der Waals surface area contributed by atoms with Gasteiger partial charge >= 0.3 is 0 Å². The number of nitrogens with one attached hydrogen (secondary N) is 2. The lowest BCUT2D eigenvalue weighted by molar-refractivity contribution is 0.630. The molecule has 0 atom stereocenters. The molecule has 0 aliphatic heterocycles. The van der Waals surface area contributed by atoms with Gasteiger partial charge in [0.05, 0.1) is 5.69 Å². The van der Waals surface area contributed by atoms with Crippen molar-refractivity contribution in [2.45, 2.75) is 40.2 Å². The van der Waals surface area contributed by atoms with Gasteiger partial charge in [-0.05, 0) is 26.7 Å². The van der Waals surface area contributed by atoms with Crippen molar-refractivity contribution < 1.29 is 0 Å². The van der Waals surface area contributed by atoms with Gasteiger partial charge in [-0.3, -0.25) is 0 Å². The fourth-order valence-corrected chi connectivity index (χ4v) is 2.03. The van der Waals surface area contributed by atoms with E-state index in [1.165, 1.54) is 0 Å². The summed E-state index contributed by atoms with van der Waals surface area (Å²) in [6, 6.07) is 12.2. The fourth-order valence-electron chi connectivity index (χ4n) is 2.03. The normalized spacial score (nSPS) is 11.5. The Bertz CT molecular complexity index is 600. The van der Waals surface area contributed by atoms with Crippen molar-refractivity contribution in [2.24, 2.45) is 5.92 Å². The van der Waals surface area contributed by atoms with Crippen LogP contribution in [-0.2, 0) is 0 Å². The molecule has 2 N–H and O–H groups in total. The van der Waals surface area contributed by atoms with Gasteiger partial charge in [0.2, 0.25) is 5.95 Å². The molecule has 0 radical (unpaired) electrons. The first kappa shape index (κ1) is 16.3. The molecule has 1 aromatic carbocycles. The fraction of sp³-hybridized carbons (Fsp3) is 0.444. The molecule has 4 heteroatoms. The molecule has 0 fully saturated rings. The number of aromatic nitrogens is 2. The van der Waals surface area contributed by atoms with Crippen LogP contribution in [0.25, 0.3) is 11.3 Å². The largest absolute Gasteiger partial charge is 0.365 e. The van der Waals surface area contributed by atoms with Crippen LogP contribution in [0.4, 0.5) is 11.8 Å². The standard InChI is InChI=1S/C18H26N4/c1-13(2)12-19-17-20-15(14-9-7-6-8-10-14)11-16(21-17)22-18(3,4)5/h6-11,13H,12H2,1-5H3,(H2,19,20,21,22). The topological polar surface area (TPSA) is 49.8 Å². The summed E-state index contributed by atoms with van der Waals surface area (Å²) in [5.74, 6) is 2.05. The predicted molar refractivity (Wildman–Crippen MR) is 94.2 cm³/mol. The summed E-state index contributed by atoms with van der Waals surface area (Å²) in [4.78, 5) is 9.23. The summed E-state index contributed by atoms with van der Waals surface area (Å²) in [6.07, 6.45) is 0. The third-order valence-corrected chi connectivity index (χ3v) is 2.97. The van der Waals surface area contributed by atoms with E-state index in [1.54, 1.807) is 0 Å². The molecule has 0 aliphatic carbocycles. The lowest BCUT2D eigenvalue weighted by atomic mass is 10.1. The Morgan fingerprint density at radius 1 is 1.05 bits per heavy atom. The molecule has 0 aliphatic rings. The van der Waals surface area contributed by atoms with Crippen LogP contribution in [0.1, 0.15) is 34.6 Å². The second kappa shape index (κ2) is 6.77. The van der Waals surface area contributed by atoms with Crippen molar-refractivity contribution >= 4 is 11.8 Å². The molecule has 0 unspecified atom stereocenters. The van der Waals surface area contributed by atoms with E-state index < -0.39 is 0 Å². The summed E-state index contributed by atoms with van der Waals surface area (Å²) >= 11 is 0. The maximum atomic E-state index is 4.64. The van der Waals surface area contributed by atoms with E-state index in [2.05, 4.69) is 67.4 Å². The smallest absolute Gasteiger partial charge is 0.225 e. The van der Waals surface area contributed by atoms with Crippen molar-refractivity contribution in [1.82, 2.24) is 9.97 Å². The summed E-state index contributed by atoms with van der Waals surface area (Å²) in [6.45, 7) is 11.6. The Kier molecular flexibility index (Phi) is 5.01. The molecule has 0 saturated carbocycles. The zero-order valence-electron chi connectivity index (χ0n) is 14.1. The van der Waals surface area contributed by atoms with Crippen molar-refractivity contribution in [1.29, 1.82) is 0 Å². The zero-order valence-corrected chi connectivity index (χ0v) is 14.1. The molecule has 22 heavy (non-hydrogen) atoms. The first-order chi connectivity index (χ1) is 10.3. The van der Waals surface area contributed by atoms with Gasteiger partial charge in [0.25, 0.3) is 0 Å². The predicted octanol–water partition coefficient (Wildman–Crippen LogP) is 4.42. The SMILES string of the molecule is CC(C)CNc1nc(NC(C)(C)C)cc(-c2ccccc2)n1. The van der Waals surface area contributed by atoms with Crippen LogP contribution in [0.15, 0.2) is 36.4 Å². The van der Waals surface area contributed by atoms with Crippen molar-refractivity contribution in [3.05, 3.63) is 36.4 Å². The minimum absolute atomic E-state index is 0.0440. The number of benzene rings is 1. The molecule has 0 spiro atoms. The third-order valence-electron chi connectivity index (χ3n) is 2.97. The van der Waals surface area contributed by atoms with E-state index >= 15 is 0 Å². The molecule has 1 aromatic heterocycles. The first-order valence-electron chi connectivity index (χ1n) is 7.80. The number of nitrogens with zero attached hydrogens (tertiary/aromatic N) is 2. The highest BCUT2D eigenvalue weighted by atomic mass is 15.2. The van der Waals surface area contributed by atoms with Crippen LogP contribution in [0.3, 0.4) is 0 Å². The maximum Gasteiger partial charge on any atom is 0.225 e. The van der Waals surface area contributed by atoms with Crippen LogP contribution in [0.2, 0.25) is 0 Å². The highest BCUT2D eigenvalue weighted by Gasteiger charge is 2.13. The second-order valence-electron chi connectivity index (χ2n) is 6.98. The summed E-state index contributed by atoms with van der Waals surface area (Å²) in [7, 11) is 0. The monoisotopic (exact) mass is 298 g/mol. The minimum atomic E-state index is -0.0440. The van der Waals surface area contributed by atoms with Crippen LogP contribution in [0, 0.1) is 5.92 Å². The Hall–Kier alpha value is -2.10. The van der Waals surface area contributed by atoms with E-state index in [9.17, 15) is 0 Å². The van der Waals surface area contributed by atoms with Crippen molar-refractivity contribution in [3.63, 3.8) is 0 Å². The molecule has 0 saturated heterocycles. The molecular weight excluding hydrogens is 272 g/mol. The van der Waals surface area contributed by atoms with E-state index in [4.69, 9.17) is 0 Å². The van der Waals surface area contributed by atoms with Gasteiger partial charge in [-0.25, -0.2) is 4.98 Å². The highest BCUT2D eigenvalue weighted by Crippen LogP contribution is 2.23. The average Bonchev–Trinajstić information content (AvgIpc) is 2.44. The Morgan fingerprint density at radius 2 is 1.73 bits per heavy atom. The Morgan fingerprint density at radius 3 is 2.32 bits per heavy atom. The lowest BCUT2D eigenvalue weighted by Gasteiger charge is -2.22. The van der Waals surface area contributed by atoms with Crippen LogP contribution >= 0.6 is 0 Å². The quantitative estimate of drug-likeness (QED) is 0.858. The molecular formula is C18H26N4. The number of hydrogen-bond donors (Lipinski definition) is 2. The van der Waals surface area contributed by atoms with Gasteiger partial charge in [-0.1, -0.05) is 44.2 Å². The van der Waals surface area contributed by atoms with Crippen molar-refractivity contribution in [3.8, 4) is 11.3 Å². The summed E-state index contributed by atoms with van der Waals surface area (Å²) in [5.41, 5.74) is 1.97. The van der Waals surface area contributed by atoms with E-state index in [-0.39, 0.29) is 5.54 Å². The van der Waals surface area contributed by atoms with Gasteiger partial charge in [0, 0.05) is 23.7 Å². The number of rotatable bonds is 5. The molecule has 2 aromatic rings. The summed E-state index contributed by atoms with van der Waals surface area (Å²) < 4.78 is 0. The van der Waals surface area contributed by atoms with E-state index in [0.717, 1.165) is 23.6 Å². The van der Waals surface area contributed by atoms with Gasteiger partial charge in [-0.15, -0.1) is 0 Å². The minimum Gasteiger partial charge on any atom is -0.365 e. The average molecular weight is 298 g/mol. The third kappa shape index (κ3) is 5.02. The van der Waals surface area contributed by atoms with Crippen molar-refractivity contribution in [2.75, 3.05) is 17.2 Å². The van der Waals surface area contributed by atoms with Crippen LogP contribution in [-0.4, -0.2) is 22.1 Å². The number of anilines is 2. The molecule has 2 rings (SSSR count).